The van der Waals surface area contributed by atoms with Gasteiger partial charge < -0.3 is 11.1 Å². The molecule has 0 aromatic carbocycles. The van der Waals surface area contributed by atoms with E-state index in [0.29, 0.717) is 6.42 Å². The lowest BCUT2D eigenvalue weighted by molar-refractivity contribution is -0.141. The van der Waals surface area contributed by atoms with Gasteiger partial charge in [-0.3, -0.25) is 4.79 Å². The van der Waals surface area contributed by atoms with Crippen LogP contribution in [-0.2, 0) is 6.18 Å². The van der Waals surface area contributed by atoms with Crippen molar-refractivity contribution in [2.45, 2.75) is 31.5 Å². The molecule has 3 N–H and O–H groups in total. The van der Waals surface area contributed by atoms with Gasteiger partial charge in [0, 0.05) is 6.04 Å². The Bertz CT molecular complexity index is 540. The zero-order valence-electron chi connectivity index (χ0n) is 10.6. The molecule has 1 aliphatic rings. The number of pyridine rings is 1. The highest BCUT2D eigenvalue weighted by Crippen LogP contribution is 2.30. The molecule has 0 saturated heterocycles. The molecule has 1 aliphatic carbocycles. The Morgan fingerprint density at radius 1 is 1.35 bits per heavy atom. The Labute approximate surface area is 113 Å². The summed E-state index contributed by atoms with van der Waals surface area (Å²) in [6.07, 6.45) is 1.68. The first kappa shape index (κ1) is 14.4. The van der Waals surface area contributed by atoms with Gasteiger partial charge in [-0.25, -0.2) is 4.98 Å². The van der Waals surface area contributed by atoms with Crippen molar-refractivity contribution in [3.05, 3.63) is 35.5 Å². The van der Waals surface area contributed by atoms with Crippen LogP contribution < -0.4 is 11.1 Å². The molecule has 7 heteroatoms. The van der Waals surface area contributed by atoms with E-state index in [4.69, 9.17) is 5.73 Å². The van der Waals surface area contributed by atoms with E-state index in [1.807, 2.05) is 12.2 Å². The number of anilines is 1. The number of amides is 1. The number of allylic oxidation sites excluding steroid dienone is 1. The van der Waals surface area contributed by atoms with Gasteiger partial charge in [0.15, 0.2) is 0 Å². The Hall–Kier alpha value is -2.05. The third-order valence-corrected chi connectivity index (χ3v) is 3.06. The molecule has 0 spiro atoms. The predicted molar refractivity (Wildman–Crippen MR) is 68.2 cm³/mol. The first-order valence-corrected chi connectivity index (χ1v) is 6.17. The van der Waals surface area contributed by atoms with Crippen LogP contribution in [0.1, 0.15) is 35.3 Å². The lowest BCUT2D eigenvalue weighted by Crippen LogP contribution is -2.25. The van der Waals surface area contributed by atoms with Gasteiger partial charge in [-0.2, -0.15) is 13.2 Å². The van der Waals surface area contributed by atoms with Crippen LogP contribution in [0.15, 0.2) is 24.3 Å². The number of carbonyl (C=O) groups excluding carboxylic acids is 1. The second kappa shape index (κ2) is 5.52. The Balaban J connectivity index is 2.31. The molecule has 1 amide bonds. The van der Waals surface area contributed by atoms with E-state index < -0.39 is 17.8 Å². The lowest BCUT2D eigenvalue weighted by Gasteiger charge is -2.21. The van der Waals surface area contributed by atoms with Gasteiger partial charge >= 0.3 is 6.18 Å². The summed E-state index contributed by atoms with van der Waals surface area (Å²) < 4.78 is 38.0. The van der Waals surface area contributed by atoms with E-state index in [1.54, 1.807) is 0 Å². The largest absolute Gasteiger partial charge is 0.433 e. The molecule has 0 aliphatic heterocycles. The zero-order valence-corrected chi connectivity index (χ0v) is 10.6. The zero-order chi connectivity index (χ0) is 14.8. The maximum absolute atomic E-state index is 12.7. The first-order chi connectivity index (χ1) is 9.38. The van der Waals surface area contributed by atoms with Crippen molar-refractivity contribution >= 4 is 11.7 Å². The summed E-state index contributed by atoms with van der Waals surface area (Å²) in [5.41, 5.74) is 4.08. The van der Waals surface area contributed by atoms with Gasteiger partial charge in [0.2, 0.25) is 0 Å². The second-order valence-corrected chi connectivity index (χ2v) is 4.58. The monoisotopic (exact) mass is 285 g/mol. The van der Waals surface area contributed by atoms with Gasteiger partial charge in [0.05, 0.1) is 5.56 Å². The Kier molecular flexibility index (Phi) is 3.96. The quantitative estimate of drug-likeness (QED) is 0.839. The topological polar surface area (TPSA) is 68.0 Å². The lowest BCUT2D eigenvalue weighted by atomic mass is 10.0. The molecular formula is C13H14F3N3O. The van der Waals surface area contributed by atoms with Crippen LogP contribution in [0.4, 0.5) is 19.0 Å². The average molecular weight is 285 g/mol. The number of hydrogen-bond donors (Lipinski definition) is 2. The van der Waals surface area contributed by atoms with Crippen molar-refractivity contribution in [2.75, 3.05) is 5.32 Å². The third kappa shape index (κ3) is 3.28. The van der Waals surface area contributed by atoms with Crippen molar-refractivity contribution in [2.24, 2.45) is 5.73 Å². The molecule has 1 atom stereocenters. The van der Waals surface area contributed by atoms with E-state index in [0.717, 1.165) is 25.0 Å². The van der Waals surface area contributed by atoms with E-state index in [2.05, 4.69) is 10.3 Å². The van der Waals surface area contributed by atoms with Gasteiger partial charge in [-0.1, -0.05) is 12.2 Å². The molecule has 0 fully saturated rings. The molecule has 1 heterocycles. The molecule has 2 rings (SSSR count). The highest BCUT2D eigenvalue weighted by atomic mass is 19.4. The summed E-state index contributed by atoms with van der Waals surface area (Å²) in [6, 6.07) is 1.76. The van der Waals surface area contributed by atoms with Crippen LogP contribution in [-0.4, -0.2) is 16.9 Å². The molecule has 0 radical (unpaired) electrons. The van der Waals surface area contributed by atoms with Crippen LogP contribution in [0.5, 0.6) is 0 Å². The number of nitrogens with one attached hydrogen (secondary N) is 1. The minimum Gasteiger partial charge on any atom is -0.366 e. The first-order valence-electron chi connectivity index (χ1n) is 6.17. The fourth-order valence-electron chi connectivity index (χ4n) is 2.04. The SMILES string of the molecule is NC(=O)c1ccc(C(F)(F)F)nc1NC1CC=CCC1. The molecule has 1 unspecified atom stereocenters. The molecule has 1 aromatic rings. The predicted octanol–water partition coefficient (Wildman–Crippen LogP) is 2.72. The number of rotatable bonds is 3. The summed E-state index contributed by atoms with van der Waals surface area (Å²) >= 11 is 0. The number of halogens is 3. The number of nitrogens with two attached hydrogens (primary N) is 1. The van der Waals surface area contributed by atoms with Crippen LogP contribution in [0.2, 0.25) is 0 Å². The van der Waals surface area contributed by atoms with Gasteiger partial charge in [-0.05, 0) is 31.4 Å². The van der Waals surface area contributed by atoms with Gasteiger partial charge in [0.25, 0.3) is 5.91 Å². The summed E-state index contributed by atoms with van der Waals surface area (Å²) in [5, 5.41) is 2.88. The summed E-state index contributed by atoms with van der Waals surface area (Å²) in [5.74, 6) is -0.910. The number of nitrogens with zero attached hydrogens (tertiary/aromatic N) is 1. The minimum atomic E-state index is -4.56. The highest BCUT2D eigenvalue weighted by Gasteiger charge is 2.33. The summed E-state index contributed by atoms with van der Waals surface area (Å²) in [4.78, 5) is 14.8. The van der Waals surface area contributed by atoms with Crippen LogP contribution in [0.25, 0.3) is 0 Å². The van der Waals surface area contributed by atoms with Crippen molar-refractivity contribution in [1.82, 2.24) is 4.98 Å². The fraction of sp³-hybridized carbons (Fsp3) is 0.385. The number of hydrogen-bond acceptors (Lipinski definition) is 3. The summed E-state index contributed by atoms with van der Waals surface area (Å²) in [6.45, 7) is 0. The third-order valence-electron chi connectivity index (χ3n) is 3.06. The van der Waals surface area contributed by atoms with E-state index >= 15 is 0 Å². The van der Waals surface area contributed by atoms with E-state index in [9.17, 15) is 18.0 Å². The Morgan fingerprint density at radius 3 is 2.65 bits per heavy atom. The Morgan fingerprint density at radius 2 is 2.10 bits per heavy atom. The number of aromatic nitrogens is 1. The molecular weight excluding hydrogens is 271 g/mol. The van der Waals surface area contributed by atoms with Crippen molar-refractivity contribution in [3.8, 4) is 0 Å². The second-order valence-electron chi connectivity index (χ2n) is 4.58. The van der Waals surface area contributed by atoms with Gasteiger partial charge in [-0.15, -0.1) is 0 Å². The standard InChI is InChI=1S/C13H14F3N3O/c14-13(15,16)10-7-6-9(11(17)20)12(19-10)18-8-4-2-1-3-5-8/h1-2,6-8H,3-5H2,(H2,17,20)(H,18,19). The number of carbonyl (C=O) groups is 1. The molecule has 1 aromatic heterocycles. The van der Waals surface area contributed by atoms with Crippen molar-refractivity contribution in [1.29, 1.82) is 0 Å². The van der Waals surface area contributed by atoms with Crippen LogP contribution >= 0.6 is 0 Å². The normalized spacial score (nSPS) is 18.9. The van der Waals surface area contributed by atoms with E-state index in [1.165, 1.54) is 0 Å². The molecule has 4 nitrogen and oxygen atoms in total. The van der Waals surface area contributed by atoms with Crippen molar-refractivity contribution < 1.29 is 18.0 Å². The maximum Gasteiger partial charge on any atom is 0.433 e. The highest BCUT2D eigenvalue weighted by molar-refractivity contribution is 5.97. The molecule has 0 bridgehead atoms. The minimum absolute atomic E-state index is 0.0347. The average Bonchev–Trinajstić information content (AvgIpc) is 2.38. The molecule has 108 valence electrons. The summed E-state index contributed by atoms with van der Waals surface area (Å²) in [7, 11) is 0. The smallest absolute Gasteiger partial charge is 0.366 e. The van der Waals surface area contributed by atoms with Crippen molar-refractivity contribution in [3.63, 3.8) is 0 Å². The van der Waals surface area contributed by atoms with Crippen LogP contribution in [0.3, 0.4) is 0 Å². The maximum atomic E-state index is 12.7. The number of primary amides is 1. The van der Waals surface area contributed by atoms with E-state index in [-0.39, 0.29) is 17.4 Å². The molecule has 0 saturated carbocycles. The fourth-order valence-corrected chi connectivity index (χ4v) is 2.04. The molecule has 20 heavy (non-hydrogen) atoms. The van der Waals surface area contributed by atoms with Gasteiger partial charge in [0.1, 0.15) is 11.5 Å². The number of alkyl halides is 3. The van der Waals surface area contributed by atoms with Crippen LogP contribution in [0, 0.1) is 0 Å².